The molecule has 2 aliphatic rings. The summed E-state index contributed by atoms with van der Waals surface area (Å²) in [5, 5.41) is 3.74. The zero-order valence-corrected chi connectivity index (χ0v) is 19.4. The van der Waals surface area contributed by atoms with Gasteiger partial charge in [0.1, 0.15) is 0 Å². The third-order valence-electron chi connectivity index (χ3n) is 7.15. The van der Waals surface area contributed by atoms with E-state index >= 15 is 0 Å². The first kappa shape index (κ1) is 20.6. The van der Waals surface area contributed by atoms with Gasteiger partial charge < -0.3 is 10.2 Å². The second kappa shape index (κ2) is 8.35. The highest BCUT2D eigenvalue weighted by molar-refractivity contribution is 5.84. The SMILES string of the molecule is CCC1(C)CN(c2ccccc2Nc2ccc(C3=CCCC=C3)cc2C)c2ccccc21. The molecule has 1 aliphatic heterocycles. The largest absolute Gasteiger partial charge is 0.354 e. The molecule has 1 aliphatic carbocycles. The number of hydrogen-bond acceptors (Lipinski definition) is 2. The van der Waals surface area contributed by atoms with Gasteiger partial charge in [0, 0.05) is 23.3 Å². The van der Waals surface area contributed by atoms with Gasteiger partial charge in [-0.1, -0.05) is 68.5 Å². The zero-order valence-electron chi connectivity index (χ0n) is 19.4. The van der Waals surface area contributed by atoms with Crippen molar-refractivity contribution in [3.8, 4) is 0 Å². The van der Waals surface area contributed by atoms with Gasteiger partial charge in [-0.15, -0.1) is 0 Å². The zero-order chi connectivity index (χ0) is 22.1. The number of rotatable bonds is 5. The topological polar surface area (TPSA) is 15.3 Å². The average molecular weight is 421 g/mol. The number of anilines is 4. The van der Waals surface area contributed by atoms with E-state index in [1.807, 2.05) is 0 Å². The van der Waals surface area contributed by atoms with E-state index < -0.39 is 0 Å². The predicted octanol–water partition coefficient (Wildman–Crippen LogP) is 8.29. The van der Waals surface area contributed by atoms with Crippen molar-refractivity contribution in [3.63, 3.8) is 0 Å². The third kappa shape index (κ3) is 3.64. The molecule has 0 bridgehead atoms. The number of hydrogen-bond donors (Lipinski definition) is 1. The molecule has 2 heteroatoms. The fourth-order valence-corrected chi connectivity index (χ4v) is 5.03. The number of nitrogens with one attached hydrogen (secondary N) is 1. The number of para-hydroxylation sites is 3. The Hall–Kier alpha value is -3.26. The van der Waals surface area contributed by atoms with Crippen molar-refractivity contribution in [1.82, 2.24) is 0 Å². The fourth-order valence-electron chi connectivity index (χ4n) is 5.03. The molecule has 1 unspecified atom stereocenters. The maximum atomic E-state index is 3.74. The van der Waals surface area contributed by atoms with E-state index in [2.05, 4.69) is 116 Å². The van der Waals surface area contributed by atoms with Gasteiger partial charge in [-0.3, -0.25) is 0 Å². The first-order chi connectivity index (χ1) is 15.6. The van der Waals surface area contributed by atoms with Gasteiger partial charge in [-0.25, -0.2) is 0 Å². The first-order valence-corrected chi connectivity index (χ1v) is 11.8. The van der Waals surface area contributed by atoms with E-state index in [-0.39, 0.29) is 5.41 Å². The van der Waals surface area contributed by atoms with Gasteiger partial charge in [0.2, 0.25) is 0 Å². The minimum absolute atomic E-state index is 0.169. The van der Waals surface area contributed by atoms with E-state index in [1.54, 1.807) is 0 Å². The van der Waals surface area contributed by atoms with Crippen LogP contribution in [0.25, 0.3) is 5.57 Å². The van der Waals surface area contributed by atoms with Crippen molar-refractivity contribution in [2.24, 2.45) is 0 Å². The van der Waals surface area contributed by atoms with E-state index in [0.717, 1.165) is 37.2 Å². The van der Waals surface area contributed by atoms with Gasteiger partial charge in [0.05, 0.1) is 11.4 Å². The van der Waals surface area contributed by atoms with Gasteiger partial charge in [-0.05, 0) is 78.8 Å². The van der Waals surface area contributed by atoms with Crippen LogP contribution in [0.15, 0.2) is 85.0 Å². The molecule has 2 nitrogen and oxygen atoms in total. The van der Waals surface area contributed by atoms with E-state index in [9.17, 15) is 0 Å². The number of allylic oxidation sites excluding steroid dienone is 4. The summed E-state index contributed by atoms with van der Waals surface area (Å²) in [5.41, 5.74) is 10.4. The molecule has 0 radical (unpaired) electrons. The smallest absolute Gasteiger partial charge is 0.0650 e. The van der Waals surface area contributed by atoms with Crippen LogP contribution in [-0.2, 0) is 5.41 Å². The summed E-state index contributed by atoms with van der Waals surface area (Å²) in [7, 11) is 0. The molecule has 0 saturated carbocycles. The Bertz CT molecular complexity index is 1200. The fraction of sp³-hybridized carbons (Fsp3) is 0.267. The second-order valence-electron chi connectivity index (χ2n) is 9.33. The van der Waals surface area contributed by atoms with Crippen LogP contribution in [0.5, 0.6) is 0 Å². The van der Waals surface area contributed by atoms with Crippen LogP contribution in [0, 0.1) is 6.92 Å². The van der Waals surface area contributed by atoms with Crippen molar-refractivity contribution < 1.29 is 0 Å². The highest BCUT2D eigenvalue weighted by Crippen LogP contribution is 2.48. The summed E-state index contributed by atoms with van der Waals surface area (Å²) < 4.78 is 0. The monoisotopic (exact) mass is 420 g/mol. The Labute approximate surface area is 192 Å². The number of aryl methyl sites for hydroxylation is 1. The standard InChI is InChI=1S/C30H32N2/c1-4-30(3)21-32(28-16-10-8-14-25(28)30)29-17-11-9-15-27(29)31-26-19-18-24(20-22(26)2)23-12-6-5-7-13-23/h6,8-20,31H,4-5,7,21H2,1-3H3. The molecule has 1 N–H and O–H groups in total. The summed E-state index contributed by atoms with van der Waals surface area (Å²) in [6.07, 6.45) is 10.3. The quantitative estimate of drug-likeness (QED) is 0.446. The summed E-state index contributed by atoms with van der Waals surface area (Å²) >= 11 is 0. The van der Waals surface area contributed by atoms with Crippen molar-refractivity contribution in [2.75, 3.05) is 16.8 Å². The lowest BCUT2D eigenvalue weighted by atomic mass is 9.82. The molecule has 32 heavy (non-hydrogen) atoms. The highest BCUT2D eigenvalue weighted by atomic mass is 15.2. The number of fused-ring (bicyclic) bond motifs is 1. The number of nitrogens with zero attached hydrogens (tertiary/aromatic N) is 1. The minimum Gasteiger partial charge on any atom is -0.354 e. The normalized spacial score (nSPS) is 19.6. The molecule has 0 aromatic heterocycles. The molecule has 0 saturated heterocycles. The van der Waals surface area contributed by atoms with Crippen LogP contribution in [0.3, 0.4) is 0 Å². The van der Waals surface area contributed by atoms with Gasteiger partial charge in [-0.2, -0.15) is 0 Å². The molecule has 5 rings (SSSR count). The molecular formula is C30H32N2. The van der Waals surface area contributed by atoms with Crippen molar-refractivity contribution in [2.45, 2.75) is 45.4 Å². The summed E-state index contributed by atoms with van der Waals surface area (Å²) in [5.74, 6) is 0. The van der Waals surface area contributed by atoms with E-state index in [4.69, 9.17) is 0 Å². The molecule has 0 fully saturated rings. The van der Waals surface area contributed by atoms with Gasteiger partial charge in [0.15, 0.2) is 0 Å². The van der Waals surface area contributed by atoms with Crippen molar-refractivity contribution in [1.29, 1.82) is 0 Å². The first-order valence-electron chi connectivity index (χ1n) is 11.8. The second-order valence-corrected chi connectivity index (χ2v) is 9.33. The van der Waals surface area contributed by atoms with Crippen LogP contribution in [0.4, 0.5) is 22.7 Å². The minimum atomic E-state index is 0.169. The lowest BCUT2D eigenvalue weighted by Gasteiger charge is -2.27. The molecule has 1 heterocycles. The average Bonchev–Trinajstić information content (AvgIpc) is 3.14. The molecular weight excluding hydrogens is 388 g/mol. The van der Waals surface area contributed by atoms with Crippen molar-refractivity contribution in [3.05, 3.63) is 102 Å². The summed E-state index contributed by atoms with van der Waals surface area (Å²) in [6.45, 7) is 7.88. The lowest BCUT2D eigenvalue weighted by Crippen LogP contribution is -2.27. The Balaban J connectivity index is 1.48. The Morgan fingerprint density at radius 3 is 2.44 bits per heavy atom. The van der Waals surface area contributed by atoms with Crippen LogP contribution < -0.4 is 10.2 Å². The van der Waals surface area contributed by atoms with E-state index in [1.165, 1.54) is 33.6 Å². The summed E-state index contributed by atoms with van der Waals surface area (Å²) in [6, 6.07) is 24.3. The Morgan fingerprint density at radius 1 is 0.906 bits per heavy atom. The maximum Gasteiger partial charge on any atom is 0.0650 e. The Morgan fingerprint density at radius 2 is 1.69 bits per heavy atom. The molecule has 162 valence electrons. The van der Waals surface area contributed by atoms with Crippen LogP contribution in [0.1, 0.15) is 49.8 Å². The lowest BCUT2D eigenvalue weighted by molar-refractivity contribution is 0.492. The van der Waals surface area contributed by atoms with Crippen LogP contribution >= 0.6 is 0 Å². The van der Waals surface area contributed by atoms with E-state index in [0.29, 0.717) is 0 Å². The van der Waals surface area contributed by atoms with Crippen LogP contribution in [-0.4, -0.2) is 6.54 Å². The molecule has 3 aromatic rings. The molecule has 1 atom stereocenters. The predicted molar refractivity (Wildman–Crippen MR) is 138 cm³/mol. The van der Waals surface area contributed by atoms with Gasteiger partial charge in [0.25, 0.3) is 0 Å². The number of benzene rings is 3. The molecule has 3 aromatic carbocycles. The van der Waals surface area contributed by atoms with Crippen molar-refractivity contribution >= 4 is 28.3 Å². The van der Waals surface area contributed by atoms with Crippen LogP contribution in [0.2, 0.25) is 0 Å². The Kier molecular flexibility index (Phi) is 5.38. The molecule has 0 spiro atoms. The third-order valence-corrected chi connectivity index (χ3v) is 7.15. The summed E-state index contributed by atoms with van der Waals surface area (Å²) in [4.78, 5) is 2.49. The maximum absolute atomic E-state index is 3.74. The highest BCUT2D eigenvalue weighted by Gasteiger charge is 2.38. The van der Waals surface area contributed by atoms with Gasteiger partial charge >= 0.3 is 0 Å². The molecule has 0 amide bonds.